The lowest BCUT2D eigenvalue weighted by Crippen LogP contribution is -2.71. The molecule has 0 bridgehead atoms. The highest BCUT2D eigenvalue weighted by Gasteiger charge is 2.74. The lowest BCUT2D eigenvalue weighted by atomic mass is 9.34. The Kier molecular flexibility index (Phi) is 12.7. The second kappa shape index (κ2) is 15.9. The van der Waals surface area contributed by atoms with E-state index < -0.39 is 120 Å². The van der Waals surface area contributed by atoms with E-state index >= 15 is 0 Å². The average molecular weight is 801 g/mol. The van der Waals surface area contributed by atoms with E-state index in [9.17, 15) is 51.1 Å². The van der Waals surface area contributed by atoms with Crippen LogP contribution in [0.25, 0.3) is 0 Å². The van der Waals surface area contributed by atoms with E-state index in [0.29, 0.717) is 44.9 Å². The van der Waals surface area contributed by atoms with Gasteiger partial charge in [0.05, 0.1) is 37.1 Å². The van der Waals surface area contributed by atoms with Crippen LogP contribution in [0.1, 0.15) is 107 Å². The van der Waals surface area contributed by atoms with Gasteiger partial charge in [-0.3, -0.25) is 0 Å². The molecule has 0 radical (unpaired) electrons. The van der Waals surface area contributed by atoms with Crippen LogP contribution in [-0.2, 0) is 18.9 Å². The molecule has 2 aliphatic heterocycles. The second-order valence-electron chi connectivity index (χ2n) is 20.2. The number of fused-ring (bicyclic) bond motifs is 5. The number of ether oxygens (including phenoxy) is 4. The molecule has 56 heavy (non-hydrogen) atoms. The Balaban J connectivity index is 1.39. The van der Waals surface area contributed by atoms with Crippen LogP contribution in [0.3, 0.4) is 0 Å². The van der Waals surface area contributed by atoms with Crippen molar-refractivity contribution in [2.75, 3.05) is 13.2 Å². The van der Waals surface area contributed by atoms with Crippen LogP contribution < -0.4 is 0 Å². The summed E-state index contributed by atoms with van der Waals surface area (Å²) >= 11 is 0. The van der Waals surface area contributed by atoms with E-state index in [1.54, 1.807) is 0 Å². The van der Waals surface area contributed by atoms with Crippen LogP contribution in [0.4, 0.5) is 0 Å². The van der Waals surface area contributed by atoms with E-state index in [-0.39, 0.29) is 23.7 Å². The first kappa shape index (κ1) is 44.7. The number of allylic oxidation sites excluding steroid dienone is 2. The molecule has 6 rings (SSSR count). The predicted molar refractivity (Wildman–Crippen MR) is 202 cm³/mol. The van der Waals surface area contributed by atoms with Gasteiger partial charge < -0.3 is 70.0 Å². The third kappa shape index (κ3) is 7.06. The molecule has 0 aromatic rings. The molecule has 6 aliphatic rings. The topological polar surface area (TPSA) is 239 Å². The molecule has 0 aromatic carbocycles. The fraction of sp³-hybridized carbons (Fsp3) is 0.952. The van der Waals surface area contributed by atoms with Crippen LogP contribution in [0.15, 0.2) is 11.6 Å². The van der Waals surface area contributed by atoms with Gasteiger partial charge in [-0.15, -0.1) is 0 Å². The van der Waals surface area contributed by atoms with Crippen LogP contribution in [0.2, 0.25) is 0 Å². The van der Waals surface area contributed by atoms with E-state index in [2.05, 4.69) is 26.8 Å². The van der Waals surface area contributed by atoms with Gasteiger partial charge in [0.25, 0.3) is 0 Å². The normalized spacial score (nSPS) is 52.6. The largest absolute Gasteiger partial charge is 0.394 e. The monoisotopic (exact) mass is 800 g/mol. The van der Waals surface area contributed by atoms with Gasteiger partial charge in [0, 0.05) is 0 Å². The predicted octanol–water partition coefficient (Wildman–Crippen LogP) is 1.12. The van der Waals surface area contributed by atoms with Crippen molar-refractivity contribution in [2.24, 2.45) is 45.3 Å². The molecule has 0 aromatic heterocycles. The highest BCUT2D eigenvalue weighted by molar-refractivity contribution is 5.22. The van der Waals surface area contributed by atoms with Crippen LogP contribution in [0, 0.1) is 45.3 Å². The molecule has 2 saturated heterocycles. The summed E-state index contributed by atoms with van der Waals surface area (Å²) in [6.07, 6.45) is -9.52. The summed E-state index contributed by atoms with van der Waals surface area (Å²) in [5.41, 5.74) is -1.92. The fourth-order valence-electron chi connectivity index (χ4n) is 13.5. The lowest BCUT2D eigenvalue weighted by molar-refractivity contribution is -0.349. The first-order chi connectivity index (χ1) is 26.0. The standard InChI is InChI=1S/C42H72O14/c1-20(2)10-9-13-42(8,56-37-34(52)32(50)30(48)25(19-44)55-37)21-11-15-40(6)28(21)22(45)16-26-39(5)14-12-27(46)38(3,4)35(39)23(17-41(26,40)7)53-36-33(51)31(49)29(47)24(18-43)54-36/h10,21-37,43-52H,9,11-19H2,1-8H3/t21-,22+,23-,24+,25+,26+,27-,28-,29+,30+,31-,32-,33+,34+,35-,36+,37-,39+,40+,41+,42+/m0/s1. The van der Waals surface area contributed by atoms with Gasteiger partial charge in [-0.2, -0.15) is 0 Å². The van der Waals surface area contributed by atoms with E-state index in [0.717, 1.165) is 12.0 Å². The first-order valence-corrected chi connectivity index (χ1v) is 21.0. The van der Waals surface area contributed by atoms with Gasteiger partial charge >= 0.3 is 0 Å². The van der Waals surface area contributed by atoms with Gasteiger partial charge in [0.2, 0.25) is 0 Å². The molecule has 0 unspecified atom stereocenters. The lowest BCUT2D eigenvalue weighted by Gasteiger charge is -2.72. The molecule has 0 spiro atoms. The molecule has 14 heteroatoms. The van der Waals surface area contributed by atoms with E-state index in [1.165, 1.54) is 0 Å². The van der Waals surface area contributed by atoms with Gasteiger partial charge in [0.15, 0.2) is 12.6 Å². The molecule has 10 N–H and O–H groups in total. The number of rotatable bonds is 10. The maximum Gasteiger partial charge on any atom is 0.187 e. The zero-order chi connectivity index (χ0) is 41.5. The summed E-state index contributed by atoms with van der Waals surface area (Å²) in [6, 6.07) is 0. The smallest absolute Gasteiger partial charge is 0.187 e. The van der Waals surface area contributed by atoms with Gasteiger partial charge in [-0.25, -0.2) is 0 Å². The Bertz CT molecular complexity index is 1400. The zero-order valence-corrected chi connectivity index (χ0v) is 34.6. The van der Waals surface area contributed by atoms with Crippen LogP contribution in [-0.4, -0.2) is 150 Å². The number of aliphatic hydroxyl groups excluding tert-OH is 10. The minimum Gasteiger partial charge on any atom is -0.394 e. The summed E-state index contributed by atoms with van der Waals surface area (Å²) < 4.78 is 25.4. The highest BCUT2D eigenvalue weighted by atomic mass is 16.7. The molecular weight excluding hydrogens is 728 g/mol. The number of hydrogen-bond acceptors (Lipinski definition) is 14. The van der Waals surface area contributed by atoms with E-state index in [1.807, 2.05) is 34.6 Å². The third-order valence-electron chi connectivity index (χ3n) is 16.6. The third-order valence-corrected chi connectivity index (χ3v) is 16.6. The zero-order valence-electron chi connectivity index (χ0n) is 34.6. The van der Waals surface area contributed by atoms with Gasteiger partial charge in [-0.05, 0) is 117 Å². The van der Waals surface area contributed by atoms with Crippen molar-refractivity contribution in [3.63, 3.8) is 0 Å². The Morgan fingerprint density at radius 1 is 0.750 bits per heavy atom. The Labute approximate surface area is 331 Å². The molecule has 6 fully saturated rings. The van der Waals surface area contributed by atoms with E-state index in [4.69, 9.17) is 18.9 Å². The quantitative estimate of drug-likeness (QED) is 0.110. The molecule has 4 saturated carbocycles. The molecule has 14 nitrogen and oxygen atoms in total. The van der Waals surface area contributed by atoms with Gasteiger partial charge in [0.1, 0.15) is 48.8 Å². The fourth-order valence-corrected chi connectivity index (χ4v) is 13.5. The average Bonchev–Trinajstić information content (AvgIpc) is 3.52. The molecule has 0 amide bonds. The number of aliphatic hydroxyl groups is 10. The van der Waals surface area contributed by atoms with Crippen molar-refractivity contribution < 1.29 is 70.0 Å². The number of hydrogen-bond donors (Lipinski definition) is 10. The van der Waals surface area contributed by atoms with Crippen molar-refractivity contribution in [1.82, 2.24) is 0 Å². The molecule has 21 atom stereocenters. The van der Waals surface area contributed by atoms with Crippen molar-refractivity contribution in [3.05, 3.63) is 11.6 Å². The summed E-state index contributed by atoms with van der Waals surface area (Å²) in [5.74, 6) is -0.781. The Morgan fingerprint density at radius 2 is 1.32 bits per heavy atom. The minimum absolute atomic E-state index is 0.000258. The molecule has 324 valence electrons. The maximum absolute atomic E-state index is 12.6. The van der Waals surface area contributed by atoms with Crippen molar-refractivity contribution in [2.45, 2.75) is 192 Å². The summed E-state index contributed by atoms with van der Waals surface area (Å²) in [6.45, 7) is 15.7. The van der Waals surface area contributed by atoms with Crippen molar-refractivity contribution >= 4 is 0 Å². The Hall–Kier alpha value is -0.820. The minimum atomic E-state index is -1.61. The first-order valence-electron chi connectivity index (χ1n) is 21.0. The van der Waals surface area contributed by atoms with Crippen molar-refractivity contribution in [3.8, 4) is 0 Å². The van der Waals surface area contributed by atoms with Gasteiger partial charge in [-0.1, -0.05) is 46.3 Å². The van der Waals surface area contributed by atoms with Crippen molar-refractivity contribution in [1.29, 1.82) is 0 Å². The Morgan fingerprint density at radius 3 is 1.89 bits per heavy atom. The highest BCUT2D eigenvalue weighted by Crippen LogP contribution is 2.76. The molecular formula is C42H72O14. The second-order valence-corrected chi connectivity index (χ2v) is 20.2. The van der Waals surface area contributed by atoms with Crippen LogP contribution >= 0.6 is 0 Å². The summed E-state index contributed by atoms with van der Waals surface area (Å²) in [4.78, 5) is 0. The van der Waals surface area contributed by atoms with Crippen LogP contribution in [0.5, 0.6) is 0 Å². The molecule has 2 heterocycles. The summed E-state index contributed by atoms with van der Waals surface area (Å²) in [7, 11) is 0. The molecule has 4 aliphatic carbocycles. The SMILES string of the molecule is CC(C)=CCC[C@@](C)(O[C@@H]1O[C@H](CO)[C@@H](O)[C@H](O)[C@H]1O)[C@H]1CC[C@]2(C)[C@@H]1[C@H](O)C[C@@H]1[C@@]3(C)CC[C@H](O)C(C)(C)[C@@H]3[C@@H](O[C@@H]3O[C@H](CO)[C@@H](O)[C@H](O)[C@H]3O)C[C@]12C. The maximum atomic E-state index is 12.6. The summed E-state index contributed by atoms with van der Waals surface area (Å²) in [5, 5.41) is 109.